The summed E-state index contributed by atoms with van der Waals surface area (Å²) < 4.78 is 7.16. The predicted molar refractivity (Wildman–Crippen MR) is 136 cm³/mol. The number of nitrogens with one attached hydrogen (secondary N) is 1. The highest BCUT2D eigenvalue weighted by Gasteiger charge is 2.43. The number of esters is 1. The number of methoxy groups -OCH3 is 1. The van der Waals surface area contributed by atoms with Gasteiger partial charge in [0.15, 0.2) is 5.54 Å². The van der Waals surface area contributed by atoms with Crippen molar-refractivity contribution in [3.63, 3.8) is 0 Å². The summed E-state index contributed by atoms with van der Waals surface area (Å²) in [6.45, 7) is 8.27. The Kier molecular flexibility index (Phi) is 6.84. The van der Waals surface area contributed by atoms with Gasteiger partial charge in [0.25, 0.3) is 5.91 Å². The van der Waals surface area contributed by atoms with E-state index >= 15 is 0 Å². The Morgan fingerprint density at radius 2 is 1.80 bits per heavy atom. The van der Waals surface area contributed by atoms with Crippen LogP contribution in [0.1, 0.15) is 79.2 Å². The number of benzene rings is 2. The van der Waals surface area contributed by atoms with Crippen LogP contribution in [0.15, 0.2) is 60.8 Å². The molecule has 0 fully saturated rings. The van der Waals surface area contributed by atoms with E-state index in [1.54, 1.807) is 6.20 Å². The van der Waals surface area contributed by atoms with Crippen molar-refractivity contribution < 1.29 is 14.3 Å². The summed E-state index contributed by atoms with van der Waals surface area (Å²) in [5.41, 5.74) is 3.00. The van der Waals surface area contributed by atoms with Gasteiger partial charge in [0.1, 0.15) is 0 Å². The number of hydrogen-bond acceptors (Lipinski definition) is 4. The number of amides is 1. The average molecular weight is 474 g/mol. The molecule has 1 N–H and O–H groups in total. The van der Waals surface area contributed by atoms with Crippen molar-refractivity contribution in [3.8, 4) is 0 Å². The predicted octanol–water partition coefficient (Wildman–Crippen LogP) is 5.12. The summed E-state index contributed by atoms with van der Waals surface area (Å²) in [7, 11) is 1.36. The lowest BCUT2D eigenvalue weighted by atomic mass is 9.79. The molecule has 0 spiro atoms. The Labute approximate surface area is 207 Å². The van der Waals surface area contributed by atoms with E-state index in [0.29, 0.717) is 24.0 Å². The van der Waals surface area contributed by atoms with Crippen LogP contribution in [0.2, 0.25) is 0 Å². The average Bonchev–Trinajstić information content (AvgIpc) is 3.32. The van der Waals surface area contributed by atoms with Crippen LogP contribution in [-0.4, -0.2) is 28.8 Å². The van der Waals surface area contributed by atoms with Crippen molar-refractivity contribution in [1.29, 1.82) is 0 Å². The van der Waals surface area contributed by atoms with Gasteiger partial charge in [0.05, 0.1) is 30.1 Å². The van der Waals surface area contributed by atoms with Crippen LogP contribution in [0.4, 0.5) is 0 Å². The summed E-state index contributed by atoms with van der Waals surface area (Å²) in [5, 5.41) is 7.67. The molecule has 1 aromatic heterocycles. The van der Waals surface area contributed by atoms with Crippen molar-refractivity contribution in [2.45, 2.75) is 70.4 Å². The molecule has 0 saturated carbocycles. The summed E-state index contributed by atoms with van der Waals surface area (Å²) in [6, 6.07) is 18.2. The zero-order chi connectivity index (χ0) is 25.2. The number of aryl methyl sites for hydroxylation is 1. The summed E-state index contributed by atoms with van der Waals surface area (Å²) in [5.74, 6) is -0.524. The molecule has 4 rings (SSSR count). The molecule has 1 amide bonds. The van der Waals surface area contributed by atoms with Crippen molar-refractivity contribution >= 4 is 11.9 Å². The van der Waals surface area contributed by atoms with Crippen LogP contribution in [0.5, 0.6) is 0 Å². The van der Waals surface area contributed by atoms with Gasteiger partial charge < -0.3 is 10.1 Å². The molecule has 3 aromatic rings. The number of aromatic nitrogens is 2. The Morgan fingerprint density at radius 3 is 2.40 bits per heavy atom. The van der Waals surface area contributed by atoms with Gasteiger partial charge in [0.2, 0.25) is 0 Å². The van der Waals surface area contributed by atoms with Gasteiger partial charge in [-0.25, -0.2) is 4.79 Å². The van der Waals surface area contributed by atoms with E-state index in [0.717, 1.165) is 24.1 Å². The quantitative estimate of drug-likeness (QED) is 0.484. The molecule has 1 unspecified atom stereocenters. The molecular formula is C29H35N3O3. The van der Waals surface area contributed by atoms with Crippen molar-refractivity contribution in [2.24, 2.45) is 0 Å². The molecule has 35 heavy (non-hydrogen) atoms. The fraction of sp³-hybridized carbons (Fsp3) is 0.414. The first-order valence-electron chi connectivity index (χ1n) is 12.4. The highest BCUT2D eigenvalue weighted by molar-refractivity contribution is 5.99. The number of nitrogens with zero attached hydrogens (tertiary/aromatic N) is 2. The maximum atomic E-state index is 13.8. The maximum Gasteiger partial charge on any atom is 0.336 e. The second-order valence-electron chi connectivity index (χ2n) is 10.0. The Morgan fingerprint density at radius 1 is 1.11 bits per heavy atom. The van der Waals surface area contributed by atoms with Crippen LogP contribution in [0.25, 0.3) is 0 Å². The minimum absolute atomic E-state index is 0.243. The lowest BCUT2D eigenvalue weighted by Gasteiger charge is -2.37. The highest BCUT2D eigenvalue weighted by Crippen LogP contribution is 2.40. The number of fused-ring (bicyclic) bond motifs is 1. The number of carbonyl (C=O) groups excluding carboxylic acids is 2. The van der Waals surface area contributed by atoms with Crippen LogP contribution in [0, 0.1) is 0 Å². The van der Waals surface area contributed by atoms with Gasteiger partial charge in [-0.3, -0.25) is 9.48 Å². The molecule has 1 aliphatic rings. The highest BCUT2D eigenvalue weighted by atomic mass is 16.5. The van der Waals surface area contributed by atoms with Crippen LogP contribution in [0.3, 0.4) is 0 Å². The standard InChI is InChI=1S/C29H35N3O3/c1-6-20-13-15-23(16-14-20)29(7-2,27(34)35-5)31-26(33)24-19-30-32-25(24)17-22(18-28(32,3)4)21-11-9-8-10-12-21/h8-16,19,22H,6-7,17-18H2,1-5H3,(H,31,33)/t22-,29?/m0/s1. The Bertz CT molecular complexity index is 1200. The zero-order valence-electron chi connectivity index (χ0n) is 21.3. The van der Waals surface area contributed by atoms with E-state index in [2.05, 4.69) is 55.5 Å². The molecule has 0 radical (unpaired) electrons. The fourth-order valence-corrected chi connectivity index (χ4v) is 5.38. The normalized spacial score (nSPS) is 18.3. The fourth-order valence-electron chi connectivity index (χ4n) is 5.38. The lowest BCUT2D eigenvalue weighted by Crippen LogP contribution is -2.52. The molecule has 0 bridgehead atoms. The van der Waals surface area contributed by atoms with Crippen LogP contribution in [-0.2, 0) is 33.5 Å². The first-order chi connectivity index (χ1) is 16.8. The first-order valence-corrected chi connectivity index (χ1v) is 12.4. The summed E-state index contributed by atoms with van der Waals surface area (Å²) in [6.07, 6.45) is 4.53. The molecule has 0 aliphatic carbocycles. The molecule has 6 nitrogen and oxygen atoms in total. The molecule has 6 heteroatoms. The first kappa shape index (κ1) is 24.7. The second kappa shape index (κ2) is 9.68. The van der Waals surface area contributed by atoms with Crippen LogP contribution >= 0.6 is 0 Å². The number of carbonyl (C=O) groups is 2. The smallest absolute Gasteiger partial charge is 0.336 e. The third-order valence-corrected chi connectivity index (χ3v) is 7.39. The Hall–Kier alpha value is -3.41. The van der Waals surface area contributed by atoms with Gasteiger partial charge in [-0.15, -0.1) is 0 Å². The zero-order valence-corrected chi connectivity index (χ0v) is 21.3. The molecule has 2 atom stereocenters. The molecular weight excluding hydrogens is 438 g/mol. The number of hydrogen-bond donors (Lipinski definition) is 1. The molecule has 184 valence electrons. The summed E-state index contributed by atoms with van der Waals surface area (Å²) in [4.78, 5) is 26.8. The van der Waals surface area contributed by atoms with E-state index in [4.69, 9.17) is 4.74 Å². The maximum absolute atomic E-state index is 13.8. The third kappa shape index (κ3) is 4.49. The minimum Gasteiger partial charge on any atom is -0.467 e. The topological polar surface area (TPSA) is 73.2 Å². The van der Waals surface area contributed by atoms with E-state index in [1.165, 1.54) is 12.7 Å². The van der Waals surface area contributed by atoms with Crippen molar-refractivity contribution in [3.05, 3.63) is 88.7 Å². The molecule has 1 aliphatic heterocycles. The van der Waals surface area contributed by atoms with E-state index in [1.807, 2.05) is 41.9 Å². The minimum atomic E-state index is -1.28. The van der Waals surface area contributed by atoms with Gasteiger partial charge in [0, 0.05) is 0 Å². The molecule has 0 saturated heterocycles. The van der Waals surface area contributed by atoms with E-state index < -0.39 is 11.5 Å². The Balaban J connectivity index is 1.71. The van der Waals surface area contributed by atoms with Gasteiger partial charge in [-0.1, -0.05) is 68.4 Å². The van der Waals surface area contributed by atoms with Crippen LogP contribution < -0.4 is 5.32 Å². The van der Waals surface area contributed by atoms with Gasteiger partial charge in [-0.2, -0.15) is 5.10 Å². The summed E-state index contributed by atoms with van der Waals surface area (Å²) >= 11 is 0. The monoisotopic (exact) mass is 473 g/mol. The SMILES string of the molecule is CCc1ccc(C(CC)(NC(=O)c2cnn3c2C[C@H](c2ccccc2)CC3(C)C)C(=O)OC)cc1. The number of rotatable bonds is 7. The van der Waals surface area contributed by atoms with E-state index in [-0.39, 0.29) is 17.4 Å². The third-order valence-electron chi connectivity index (χ3n) is 7.39. The van der Waals surface area contributed by atoms with E-state index in [9.17, 15) is 9.59 Å². The van der Waals surface area contributed by atoms with Gasteiger partial charge >= 0.3 is 5.97 Å². The van der Waals surface area contributed by atoms with Gasteiger partial charge in [-0.05, 0) is 62.1 Å². The largest absolute Gasteiger partial charge is 0.467 e. The van der Waals surface area contributed by atoms with Crippen molar-refractivity contribution in [2.75, 3.05) is 7.11 Å². The lowest BCUT2D eigenvalue weighted by molar-refractivity contribution is -0.149. The second-order valence-corrected chi connectivity index (χ2v) is 10.0. The molecule has 2 heterocycles. The van der Waals surface area contributed by atoms with Crippen molar-refractivity contribution in [1.82, 2.24) is 15.1 Å². The number of ether oxygens (including phenoxy) is 1. The molecule has 2 aromatic carbocycles.